The zero-order valence-electron chi connectivity index (χ0n) is 13.2. The molecule has 0 aliphatic rings. The molecule has 0 radical (unpaired) electrons. The zero-order chi connectivity index (χ0) is 17.7. The van der Waals surface area contributed by atoms with Crippen molar-refractivity contribution >= 4 is 31.9 Å². The molecule has 0 unspecified atom stereocenters. The van der Waals surface area contributed by atoms with E-state index in [2.05, 4.69) is 21.4 Å². The number of nitrogens with one attached hydrogen (secondary N) is 2. The van der Waals surface area contributed by atoms with Gasteiger partial charge in [0.2, 0.25) is 0 Å². The van der Waals surface area contributed by atoms with Gasteiger partial charge in [0.1, 0.15) is 5.75 Å². The third-order valence-electron chi connectivity index (χ3n) is 3.00. The van der Waals surface area contributed by atoms with Crippen LogP contribution >= 0.6 is 15.9 Å². The molecule has 8 heteroatoms. The fourth-order valence-electron chi connectivity index (χ4n) is 2.02. The van der Waals surface area contributed by atoms with Gasteiger partial charge in [0.25, 0.3) is 15.9 Å². The highest BCUT2D eigenvalue weighted by atomic mass is 79.9. The lowest BCUT2D eigenvalue weighted by Crippen LogP contribution is -2.43. The minimum Gasteiger partial charge on any atom is -0.484 e. The van der Waals surface area contributed by atoms with Gasteiger partial charge in [-0.05, 0) is 55.3 Å². The summed E-state index contributed by atoms with van der Waals surface area (Å²) in [5, 5.41) is 0. The third-order valence-corrected chi connectivity index (χ3v) is 4.73. The van der Waals surface area contributed by atoms with Gasteiger partial charge in [-0.15, -0.1) is 4.83 Å². The Morgan fingerprint density at radius 2 is 1.79 bits per heavy atom. The van der Waals surface area contributed by atoms with Crippen LogP contribution < -0.4 is 15.0 Å². The molecular formula is C16H17BrN2O4S. The van der Waals surface area contributed by atoms with Gasteiger partial charge >= 0.3 is 0 Å². The molecule has 0 aliphatic heterocycles. The number of halogens is 1. The topological polar surface area (TPSA) is 84.5 Å². The molecule has 0 heterocycles. The van der Waals surface area contributed by atoms with Crippen LogP contribution in [0.4, 0.5) is 0 Å². The molecule has 0 aromatic heterocycles. The van der Waals surface area contributed by atoms with Gasteiger partial charge in [-0.25, -0.2) is 8.42 Å². The molecule has 2 rings (SSSR count). The van der Waals surface area contributed by atoms with E-state index in [1.54, 1.807) is 24.3 Å². The Hall–Kier alpha value is -1.90. The SMILES string of the molecule is Cc1cc(C)cc(OCC(=O)NNS(=O)(=O)c2cccc(Br)c2)c1. The normalized spacial score (nSPS) is 11.1. The lowest BCUT2D eigenvalue weighted by Gasteiger charge is -2.10. The minimum atomic E-state index is -3.84. The van der Waals surface area contributed by atoms with Gasteiger partial charge in [0, 0.05) is 4.47 Å². The number of rotatable bonds is 6. The van der Waals surface area contributed by atoms with Crippen LogP contribution in [0, 0.1) is 13.8 Å². The second-order valence-corrected chi connectivity index (χ2v) is 7.82. The first-order valence-electron chi connectivity index (χ1n) is 7.03. The summed E-state index contributed by atoms with van der Waals surface area (Å²) < 4.78 is 30.1. The van der Waals surface area contributed by atoms with Crippen molar-refractivity contribution in [3.8, 4) is 5.75 Å². The molecule has 0 saturated heterocycles. The Labute approximate surface area is 149 Å². The van der Waals surface area contributed by atoms with Crippen LogP contribution in [0.5, 0.6) is 5.75 Å². The lowest BCUT2D eigenvalue weighted by molar-refractivity contribution is -0.123. The van der Waals surface area contributed by atoms with E-state index in [1.165, 1.54) is 12.1 Å². The molecule has 128 valence electrons. The molecule has 2 aromatic carbocycles. The Morgan fingerprint density at radius 3 is 2.42 bits per heavy atom. The van der Waals surface area contributed by atoms with E-state index in [4.69, 9.17) is 4.74 Å². The number of benzene rings is 2. The quantitative estimate of drug-likeness (QED) is 0.713. The van der Waals surface area contributed by atoms with Crippen LogP contribution in [0.15, 0.2) is 51.8 Å². The van der Waals surface area contributed by atoms with Gasteiger partial charge in [-0.3, -0.25) is 10.2 Å². The standard InChI is InChI=1S/C16H17BrN2O4S/c1-11-6-12(2)8-14(7-11)23-10-16(20)18-19-24(21,22)15-5-3-4-13(17)9-15/h3-9,19H,10H2,1-2H3,(H,18,20). The molecule has 2 aromatic rings. The molecule has 0 aliphatic carbocycles. The van der Waals surface area contributed by atoms with E-state index >= 15 is 0 Å². The maximum atomic E-state index is 12.1. The molecule has 0 bridgehead atoms. The van der Waals surface area contributed by atoms with Gasteiger partial charge in [0.15, 0.2) is 6.61 Å². The Bertz CT molecular complexity index is 833. The highest BCUT2D eigenvalue weighted by molar-refractivity contribution is 9.10. The van der Waals surface area contributed by atoms with E-state index in [-0.39, 0.29) is 11.5 Å². The summed E-state index contributed by atoms with van der Waals surface area (Å²) in [5.74, 6) is -0.0507. The van der Waals surface area contributed by atoms with Crippen molar-refractivity contribution in [2.24, 2.45) is 0 Å². The van der Waals surface area contributed by atoms with Crippen LogP contribution in [0.2, 0.25) is 0 Å². The number of hydrogen-bond acceptors (Lipinski definition) is 4. The lowest BCUT2D eigenvalue weighted by atomic mass is 10.1. The molecule has 0 atom stereocenters. The highest BCUT2D eigenvalue weighted by Gasteiger charge is 2.15. The van der Waals surface area contributed by atoms with Crippen molar-refractivity contribution in [1.82, 2.24) is 10.3 Å². The van der Waals surface area contributed by atoms with Gasteiger partial charge in [-0.1, -0.05) is 28.1 Å². The molecule has 6 nitrogen and oxygen atoms in total. The minimum absolute atomic E-state index is 0.0346. The Balaban J connectivity index is 1.91. The fourth-order valence-corrected chi connectivity index (χ4v) is 3.48. The average molecular weight is 413 g/mol. The van der Waals surface area contributed by atoms with Crippen LogP contribution in [0.1, 0.15) is 11.1 Å². The molecule has 2 N–H and O–H groups in total. The number of amides is 1. The Kier molecular flexibility index (Phi) is 5.98. The van der Waals surface area contributed by atoms with Crippen LogP contribution in [-0.2, 0) is 14.8 Å². The first kappa shape index (κ1) is 18.4. The molecule has 24 heavy (non-hydrogen) atoms. The summed E-state index contributed by atoms with van der Waals surface area (Å²) in [5.41, 5.74) is 4.15. The summed E-state index contributed by atoms with van der Waals surface area (Å²) in [6.45, 7) is 3.54. The smallest absolute Gasteiger partial charge is 0.272 e. The first-order valence-corrected chi connectivity index (χ1v) is 9.31. The predicted molar refractivity (Wildman–Crippen MR) is 94.0 cm³/mol. The first-order chi connectivity index (χ1) is 11.3. The van der Waals surface area contributed by atoms with Gasteiger partial charge in [-0.2, -0.15) is 0 Å². The summed E-state index contributed by atoms with van der Waals surface area (Å²) in [6, 6.07) is 11.7. The van der Waals surface area contributed by atoms with E-state index in [0.29, 0.717) is 10.2 Å². The predicted octanol–water partition coefficient (Wildman–Crippen LogP) is 2.45. The van der Waals surface area contributed by atoms with Gasteiger partial charge in [0.05, 0.1) is 4.90 Å². The fraction of sp³-hybridized carbons (Fsp3) is 0.188. The van der Waals surface area contributed by atoms with Crippen molar-refractivity contribution in [2.45, 2.75) is 18.7 Å². The van der Waals surface area contributed by atoms with Crippen LogP contribution in [-0.4, -0.2) is 20.9 Å². The van der Waals surface area contributed by atoms with Crippen molar-refractivity contribution in [3.63, 3.8) is 0 Å². The largest absolute Gasteiger partial charge is 0.484 e. The molecule has 0 saturated carbocycles. The van der Waals surface area contributed by atoms with E-state index in [1.807, 2.05) is 24.7 Å². The highest BCUT2D eigenvalue weighted by Crippen LogP contribution is 2.16. The number of hydrazine groups is 1. The van der Waals surface area contributed by atoms with Gasteiger partial charge < -0.3 is 4.74 Å². The van der Waals surface area contributed by atoms with Crippen molar-refractivity contribution in [1.29, 1.82) is 0 Å². The molecule has 0 fully saturated rings. The summed E-state index contributed by atoms with van der Waals surface area (Å²) in [7, 11) is -3.84. The number of carbonyl (C=O) groups excluding carboxylic acids is 1. The van der Waals surface area contributed by atoms with Crippen molar-refractivity contribution in [3.05, 3.63) is 58.1 Å². The van der Waals surface area contributed by atoms with Crippen LogP contribution in [0.3, 0.4) is 0 Å². The molecular weight excluding hydrogens is 396 g/mol. The maximum absolute atomic E-state index is 12.1. The van der Waals surface area contributed by atoms with Crippen LogP contribution in [0.25, 0.3) is 0 Å². The molecule has 0 spiro atoms. The summed E-state index contributed by atoms with van der Waals surface area (Å²) in [4.78, 5) is 13.8. The second kappa shape index (κ2) is 7.78. The van der Waals surface area contributed by atoms with E-state index in [9.17, 15) is 13.2 Å². The molecule has 1 amide bonds. The van der Waals surface area contributed by atoms with E-state index in [0.717, 1.165) is 11.1 Å². The second-order valence-electron chi connectivity index (χ2n) is 5.22. The number of sulfonamides is 1. The summed E-state index contributed by atoms with van der Waals surface area (Å²) in [6.07, 6.45) is 0. The number of ether oxygens (including phenoxy) is 1. The van der Waals surface area contributed by atoms with Crippen molar-refractivity contribution < 1.29 is 17.9 Å². The number of aryl methyl sites for hydroxylation is 2. The average Bonchev–Trinajstić information content (AvgIpc) is 2.50. The summed E-state index contributed by atoms with van der Waals surface area (Å²) >= 11 is 3.20. The van der Waals surface area contributed by atoms with Crippen molar-refractivity contribution in [2.75, 3.05) is 6.61 Å². The maximum Gasteiger partial charge on any atom is 0.272 e. The zero-order valence-corrected chi connectivity index (χ0v) is 15.6. The number of carbonyl (C=O) groups is 1. The third kappa shape index (κ3) is 5.33. The van der Waals surface area contributed by atoms with E-state index < -0.39 is 15.9 Å². The Morgan fingerprint density at radius 1 is 1.12 bits per heavy atom. The monoisotopic (exact) mass is 412 g/mol. The number of hydrogen-bond donors (Lipinski definition) is 2.